The van der Waals surface area contributed by atoms with Gasteiger partial charge in [0.05, 0.1) is 12.6 Å². The van der Waals surface area contributed by atoms with E-state index in [0.29, 0.717) is 5.57 Å². The molecule has 0 fully saturated rings. The van der Waals surface area contributed by atoms with Crippen LogP contribution < -0.4 is 5.32 Å². The van der Waals surface area contributed by atoms with E-state index in [-0.39, 0.29) is 12.0 Å². The van der Waals surface area contributed by atoms with E-state index in [9.17, 15) is 4.79 Å². The monoisotopic (exact) mass is 221 g/mol. The Balaban J connectivity index is 2.29. The Morgan fingerprint density at radius 1 is 1.67 bits per heavy atom. The predicted molar refractivity (Wildman–Crippen MR) is 56.2 cm³/mol. The van der Waals surface area contributed by atoms with E-state index in [1.54, 1.807) is 23.9 Å². The van der Waals surface area contributed by atoms with Gasteiger partial charge in [0.15, 0.2) is 0 Å². The van der Waals surface area contributed by atoms with Crippen molar-refractivity contribution < 1.29 is 9.53 Å². The Morgan fingerprint density at radius 2 is 2.53 bits per heavy atom. The van der Waals surface area contributed by atoms with Gasteiger partial charge in [-0.1, -0.05) is 0 Å². The number of thiazole rings is 1. The second kappa shape index (κ2) is 4.37. The van der Waals surface area contributed by atoms with Crippen molar-refractivity contribution in [2.45, 2.75) is 6.04 Å². The fourth-order valence-corrected chi connectivity index (χ4v) is 1.92. The molecular weight excluding hydrogens is 212 g/mol. The summed E-state index contributed by atoms with van der Waals surface area (Å²) in [7, 11) is 1.36. The minimum absolute atomic E-state index is 0.325. The van der Waals surface area contributed by atoms with Crippen LogP contribution in [0.3, 0.4) is 0 Å². The van der Waals surface area contributed by atoms with E-state index in [4.69, 9.17) is 4.74 Å². The van der Waals surface area contributed by atoms with Crippen LogP contribution in [0.5, 0.6) is 0 Å². The molecule has 2 rings (SSSR count). The summed E-state index contributed by atoms with van der Waals surface area (Å²) in [5.74, 6) is -0.360. The van der Waals surface area contributed by atoms with Crippen LogP contribution in [0.4, 0.5) is 0 Å². The van der Waals surface area contributed by atoms with Gasteiger partial charge >= 0.3 is 5.97 Å². The van der Waals surface area contributed by atoms with E-state index >= 15 is 0 Å². The summed E-state index contributed by atoms with van der Waals surface area (Å²) >= 11 is 1.48. The molecule has 0 bridgehead atoms. The zero-order valence-corrected chi connectivity index (χ0v) is 8.90. The van der Waals surface area contributed by atoms with Crippen molar-refractivity contribution in [3.8, 4) is 0 Å². The fourth-order valence-electron chi connectivity index (χ4n) is 1.34. The van der Waals surface area contributed by atoms with Crippen LogP contribution in [0.1, 0.15) is 11.7 Å². The number of nitrogens with zero attached hydrogens (tertiary/aromatic N) is 2. The molecule has 1 aromatic rings. The highest BCUT2D eigenvalue weighted by atomic mass is 32.1. The van der Waals surface area contributed by atoms with Crippen LogP contribution in [0, 0.1) is 0 Å². The Bertz CT molecular complexity index is 409. The highest BCUT2D eigenvalue weighted by Gasteiger charge is 2.36. The largest absolute Gasteiger partial charge is 0.465 e. The van der Waals surface area contributed by atoms with Crippen LogP contribution in [0.25, 0.3) is 0 Å². The molecule has 2 heterocycles. The van der Waals surface area contributed by atoms with E-state index < -0.39 is 0 Å². The molecule has 0 aromatic carbocycles. The number of esters is 1. The normalized spacial score (nSPS) is 19.8. The second-order valence-electron chi connectivity index (χ2n) is 2.92. The van der Waals surface area contributed by atoms with Crippen molar-refractivity contribution in [1.82, 2.24) is 10.3 Å². The van der Waals surface area contributed by atoms with E-state index in [2.05, 4.69) is 10.3 Å². The van der Waals surface area contributed by atoms with E-state index in [1.165, 1.54) is 18.4 Å². The zero-order chi connectivity index (χ0) is 10.7. The first kappa shape index (κ1) is 10.1. The molecule has 1 aliphatic rings. The van der Waals surface area contributed by atoms with Crippen molar-refractivity contribution in [2.75, 3.05) is 7.11 Å². The highest BCUT2D eigenvalue weighted by Crippen LogP contribution is 2.25. The lowest BCUT2D eigenvalue weighted by Crippen LogP contribution is -2.21. The van der Waals surface area contributed by atoms with Crippen molar-refractivity contribution >= 4 is 17.3 Å². The molecule has 1 unspecified atom stereocenters. The average Bonchev–Trinajstić information content (AvgIpc) is 2.81. The van der Waals surface area contributed by atoms with Gasteiger partial charge in [0, 0.05) is 11.5 Å². The molecule has 0 N–H and O–H groups in total. The number of methoxy groups -OCH3 is 1. The van der Waals surface area contributed by atoms with Gasteiger partial charge in [0.2, 0.25) is 6.20 Å². The number of carbonyl (C=O) groups excluding carboxylic acids is 1. The first-order valence-corrected chi connectivity index (χ1v) is 5.30. The van der Waals surface area contributed by atoms with Crippen LogP contribution in [0.15, 0.2) is 34.8 Å². The first-order chi connectivity index (χ1) is 7.33. The van der Waals surface area contributed by atoms with Gasteiger partial charge < -0.3 is 4.74 Å². The molecule has 0 aliphatic carbocycles. The lowest BCUT2D eigenvalue weighted by atomic mass is 10.0. The number of hydrogen-bond donors (Lipinski definition) is 0. The Kier molecular flexibility index (Phi) is 2.94. The maximum absolute atomic E-state index is 11.5. The Morgan fingerprint density at radius 3 is 3.20 bits per heavy atom. The van der Waals surface area contributed by atoms with Gasteiger partial charge in [0.1, 0.15) is 16.6 Å². The number of hydrogen-bond acceptors (Lipinski definition) is 4. The maximum Gasteiger partial charge on any atom is 0.340 e. The van der Waals surface area contributed by atoms with Crippen LogP contribution in [0.2, 0.25) is 0 Å². The molecule has 76 valence electrons. The highest BCUT2D eigenvalue weighted by molar-refractivity contribution is 7.07. The summed E-state index contributed by atoms with van der Waals surface area (Å²) < 4.78 is 4.69. The van der Waals surface area contributed by atoms with Gasteiger partial charge in [-0.2, -0.15) is 0 Å². The van der Waals surface area contributed by atoms with Crippen molar-refractivity contribution in [2.24, 2.45) is 0 Å². The smallest absolute Gasteiger partial charge is 0.340 e. The summed E-state index contributed by atoms with van der Waals surface area (Å²) in [6.45, 7) is 0. The third-order valence-corrected chi connectivity index (χ3v) is 2.65. The summed E-state index contributed by atoms with van der Waals surface area (Å²) in [6.07, 6.45) is 5.09. The van der Waals surface area contributed by atoms with Gasteiger partial charge in [-0.05, 0) is 6.08 Å². The number of allylic oxidation sites excluding steroid dienone is 2. The SMILES string of the molecule is COC(=O)C1=CC=C[N+]C1c1cscn1. The molecule has 5 heteroatoms. The Hall–Kier alpha value is -1.46. The van der Waals surface area contributed by atoms with Gasteiger partial charge in [0.25, 0.3) is 6.04 Å². The number of aromatic nitrogens is 1. The lowest BCUT2D eigenvalue weighted by molar-refractivity contribution is -0.136. The quantitative estimate of drug-likeness (QED) is 0.709. The fraction of sp³-hybridized carbons (Fsp3) is 0.200. The standard InChI is InChI=1S/C10H9N2O2S/c1-14-10(13)7-3-2-4-11-9(7)8-5-15-6-12-8/h2-6,9H,1H3/q+1. The van der Waals surface area contributed by atoms with E-state index in [0.717, 1.165) is 5.69 Å². The molecule has 15 heavy (non-hydrogen) atoms. The van der Waals surface area contributed by atoms with Crippen LogP contribution >= 0.6 is 11.3 Å². The van der Waals surface area contributed by atoms with Gasteiger partial charge in [-0.3, -0.25) is 0 Å². The second-order valence-corrected chi connectivity index (χ2v) is 3.64. The topological polar surface area (TPSA) is 53.3 Å². The van der Waals surface area contributed by atoms with Crippen molar-refractivity contribution in [3.05, 3.63) is 40.5 Å². The minimum atomic E-state index is -0.360. The Labute approximate surface area is 91.3 Å². The van der Waals surface area contributed by atoms with Gasteiger partial charge in [-0.15, -0.1) is 11.3 Å². The summed E-state index contributed by atoms with van der Waals surface area (Å²) in [6, 6.07) is -0.325. The first-order valence-electron chi connectivity index (χ1n) is 4.36. The van der Waals surface area contributed by atoms with Crippen LogP contribution in [-0.4, -0.2) is 18.1 Å². The summed E-state index contributed by atoms with van der Waals surface area (Å²) in [4.78, 5) is 15.6. The molecule has 0 saturated carbocycles. The van der Waals surface area contributed by atoms with E-state index in [1.807, 2.05) is 5.38 Å². The van der Waals surface area contributed by atoms with Crippen molar-refractivity contribution in [1.29, 1.82) is 0 Å². The third kappa shape index (κ3) is 1.98. The molecular formula is C10H9N2O2S+. The molecule has 4 nitrogen and oxygen atoms in total. The third-order valence-electron chi connectivity index (χ3n) is 2.04. The van der Waals surface area contributed by atoms with Crippen molar-refractivity contribution in [3.63, 3.8) is 0 Å². The van der Waals surface area contributed by atoms with Gasteiger partial charge in [-0.25, -0.2) is 9.78 Å². The molecule has 1 aromatic heterocycles. The molecule has 1 aliphatic heterocycles. The average molecular weight is 221 g/mol. The zero-order valence-electron chi connectivity index (χ0n) is 8.08. The number of carbonyl (C=O) groups is 1. The van der Waals surface area contributed by atoms with Crippen LogP contribution in [-0.2, 0) is 9.53 Å². The molecule has 1 atom stereocenters. The molecule has 0 amide bonds. The lowest BCUT2D eigenvalue weighted by Gasteiger charge is -2.07. The summed E-state index contributed by atoms with van der Waals surface area (Å²) in [5, 5.41) is 6.10. The summed E-state index contributed by atoms with van der Waals surface area (Å²) in [5.41, 5.74) is 3.02. The number of ether oxygens (including phenoxy) is 1. The molecule has 0 spiro atoms. The number of rotatable bonds is 2. The minimum Gasteiger partial charge on any atom is -0.465 e. The molecule has 0 saturated heterocycles. The molecule has 2 radical (unpaired) electrons. The maximum atomic E-state index is 11.5. The predicted octanol–water partition coefficient (Wildman–Crippen LogP) is 1.42.